The molecule has 0 unspecified atom stereocenters. The quantitative estimate of drug-likeness (QED) is 0.585. The zero-order chi connectivity index (χ0) is 20.1. The fourth-order valence-corrected chi connectivity index (χ4v) is 3.32. The highest BCUT2D eigenvalue weighted by molar-refractivity contribution is 5.88. The van der Waals surface area contributed by atoms with E-state index >= 15 is 0 Å². The van der Waals surface area contributed by atoms with Crippen molar-refractivity contribution in [2.45, 2.75) is 6.42 Å². The SMILES string of the molecule is N/C=C(\N)CCNc1nc(-c2ccc(N3CCOCC3)cc2)cc2nccnc12. The number of hydrogen-bond donors (Lipinski definition) is 3. The monoisotopic (exact) mass is 391 g/mol. The summed E-state index contributed by atoms with van der Waals surface area (Å²) in [5.41, 5.74) is 16.4. The highest BCUT2D eigenvalue weighted by Crippen LogP contribution is 2.27. The highest BCUT2D eigenvalue weighted by Gasteiger charge is 2.13. The van der Waals surface area contributed by atoms with E-state index < -0.39 is 0 Å². The van der Waals surface area contributed by atoms with Crippen molar-refractivity contribution in [1.29, 1.82) is 0 Å². The molecule has 0 aliphatic carbocycles. The van der Waals surface area contributed by atoms with Gasteiger partial charge in [-0.25, -0.2) is 9.97 Å². The van der Waals surface area contributed by atoms with Crippen LogP contribution in [0.25, 0.3) is 22.3 Å². The normalized spacial score (nSPS) is 14.9. The van der Waals surface area contributed by atoms with Crippen LogP contribution in [-0.2, 0) is 4.74 Å². The molecular formula is C21H25N7O. The van der Waals surface area contributed by atoms with E-state index in [1.54, 1.807) is 12.4 Å². The number of benzene rings is 1. The summed E-state index contributed by atoms with van der Waals surface area (Å²) >= 11 is 0. The largest absolute Gasteiger partial charge is 0.403 e. The van der Waals surface area contributed by atoms with Gasteiger partial charge in [-0.2, -0.15) is 0 Å². The molecule has 1 saturated heterocycles. The van der Waals surface area contributed by atoms with Crippen LogP contribution in [0.3, 0.4) is 0 Å². The molecule has 1 aliphatic heterocycles. The fourth-order valence-electron chi connectivity index (χ4n) is 3.32. The molecule has 0 bridgehead atoms. The average molecular weight is 391 g/mol. The van der Waals surface area contributed by atoms with Crippen molar-refractivity contribution in [3.63, 3.8) is 0 Å². The van der Waals surface area contributed by atoms with Gasteiger partial charge in [0.1, 0.15) is 5.52 Å². The Balaban J connectivity index is 1.61. The van der Waals surface area contributed by atoms with Gasteiger partial charge in [-0.3, -0.25) is 4.98 Å². The lowest BCUT2D eigenvalue weighted by Gasteiger charge is -2.28. The van der Waals surface area contributed by atoms with Crippen molar-refractivity contribution in [2.24, 2.45) is 11.5 Å². The summed E-state index contributed by atoms with van der Waals surface area (Å²) in [5.74, 6) is 0.688. The van der Waals surface area contributed by atoms with E-state index in [2.05, 4.69) is 44.5 Å². The lowest BCUT2D eigenvalue weighted by molar-refractivity contribution is 0.122. The number of hydrogen-bond acceptors (Lipinski definition) is 8. The van der Waals surface area contributed by atoms with E-state index in [0.29, 0.717) is 24.5 Å². The molecule has 4 rings (SSSR count). The van der Waals surface area contributed by atoms with Gasteiger partial charge in [-0.1, -0.05) is 12.1 Å². The summed E-state index contributed by atoms with van der Waals surface area (Å²) in [6.07, 6.45) is 5.39. The van der Waals surface area contributed by atoms with Gasteiger partial charge in [0.2, 0.25) is 0 Å². The molecule has 8 heteroatoms. The maximum Gasteiger partial charge on any atom is 0.154 e. The number of nitrogens with zero attached hydrogens (tertiary/aromatic N) is 4. The van der Waals surface area contributed by atoms with Gasteiger partial charge in [-0.15, -0.1) is 0 Å². The Hall–Kier alpha value is -3.39. The molecule has 1 aliphatic rings. The van der Waals surface area contributed by atoms with E-state index in [9.17, 15) is 0 Å². The number of nitrogens with two attached hydrogens (primary N) is 2. The number of ether oxygens (including phenoxy) is 1. The topological polar surface area (TPSA) is 115 Å². The lowest BCUT2D eigenvalue weighted by atomic mass is 10.1. The van der Waals surface area contributed by atoms with Gasteiger partial charge >= 0.3 is 0 Å². The fraction of sp³-hybridized carbons (Fsp3) is 0.286. The first-order valence-corrected chi connectivity index (χ1v) is 9.69. The van der Waals surface area contributed by atoms with E-state index in [1.807, 2.05) is 6.07 Å². The van der Waals surface area contributed by atoms with Crippen LogP contribution < -0.4 is 21.7 Å². The Kier molecular flexibility index (Phi) is 5.71. The Morgan fingerprint density at radius 2 is 1.90 bits per heavy atom. The lowest BCUT2D eigenvalue weighted by Crippen LogP contribution is -2.36. The smallest absolute Gasteiger partial charge is 0.154 e. The number of anilines is 2. The van der Waals surface area contributed by atoms with Crippen molar-refractivity contribution < 1.29 is 4.74 Å². The Bertz CT molecular complexity index is 998. The van der Waals surface area contributed by atoms with E-state index in [-0.39, 0.29) is 0 Å². The second kappa shape index (κ2) is 8.74. The van der Waals surface area contributed by atoms with E-state index in [1.165, 1.54) is 11.9 Å². The van der Waals surface area contributed by atoms with Crippen LogP contribution in [0.5, 0.6) is 0 Å². The summed E-state index contributed by atoms with van der Waals surface area (Å²) in [4.78, 5) is 16.0. The molecule has 2 aromatic heterocycles. The first-order chi connectivity index (χ1) is 14.2. The van der Waals surface area contributed by atoms with E-state index in [0.717, 1.165) is 48.6 Å². The Morgan fingerprint density at radius 1 is 1.14 bits per heavy atom. The molecule has 0 atom stereocenters. The summed E-state index contributed by atoms with van der Waals surface area (Å²) in [5, 5.41) is 3.31. The number of aromatic nitrogens is 3. The molecule has 29 heavy (non-hydrogen) atoms. The average Bonchev–Trinajstić information content (AvgIpc) is 2.79. The molecule has 8 nitrogen and oxygen atoms in total. The van der Waals surface area contributed by atoms with Crippen molar-refractivity contribution in [3.05, 3.63) is 54.6 Å². The molecule has 0 saturated carbocycles. The van der Waals surface area contributed by atoms with Gasteiger partial charge in [0.15, 0.2) is 5.82 Å². The summed E-state index contributed by atoms with van der Waals surface area (Å²) in [7, 11) is 0. The first kappa shape index (κ1) is 18.9. The molecule has 0 spiro atoms. The molecule has 0 amide bonds. The molecule has 3 aromatic rings. The number of rotatable bonds is 6. The number of fused-ring (bicyclic) bond motifs is 1. The third-order valence-electron chi connectivity index (χ3n) is 4.92. The zero-order valence-corrected chi connectivity index (χ0v) is 16.2. The summed E-state index contributed by atoms with van der Waals surface area (Å²) in [6.45, 7) is 3.98. The summed E-state index contributed by atoms with van der Waals surface area (Å²) < 4.78 is 5.43. The predicted octanol–water partition coefficient (Wildman–Crippen LogP) is 2.09. The third kappa shape index (κ3) is 4.38. The first-order valence-electron chi connectivity index (χ1n) is 9.69. The maximum atomic E-state index is 5.78. The van der Waals surface area contributed by atoms with Gasteiger partial charge < -0.3 is 26.4 Å². The van der Waals surface area contributed by atoms with Gasteiger partial charge in [0, 0.05) is 61.6 Å². The van der Waals surface area contributed by atoms with Crippen LogP contribution >= 0.6 is 0 Å². The molecule has 1 fully saturated rings. The number of morpholine rings is 1. The standard InChI is InChI=1S/C21H25N7O/c22-14-16(23)5-6-26-21-20-19(24-7-8-25-20)13-18(27-21)15-1-3-17(4-2-15)28-9-11-29-12-10-28/h1-4,7-8,13-14H,5-6,9-12,22-23H2,(H,26,27)/b16-14-. The van der Waals surface area contributed by atoms with Crippen LogP contribution in [0.15, 0.2) is 54.6 Å². The van der Waals surface area contributed by atoms with Gasteiger partial charge in [0.25, 0.3) is 0 Å². The van der Waals surface area contributed by atoms with Crippen LogP contribution in [-0.4, -0.2) is 47.8 Å². The number of nitrogens with one attached hydrogen (secondary N) is 1. The van der Waals surface area contributed by atoms with Gasteiger partial charge in [0.05, 0.1) is 24.4 Å². The Morgan fingerprint density at radius 3 is 2.66 bits per heavy atom. The van der Waals surface area contributed by atoms with Crippen molar-refractivity contribution in [3.8, 4) is 11.3 Å². The van der Waals surface area contributed by atoms with E-state index in [4.69, 9.17) is 21.2 Å². The van der Waals surface area contributed by atoms with Crippen LogP contribution in [0, 0.1) is 0 Å². The predicted molar refractivity (Wildman–Crippen MR) is 115 cm³/mol. The molecule has 0 radical (unpaired) electrons. The summed E-state index contributed by atoms with van der Waals surface area (Å²) in [6, 6.07) is 10.4. The maximum absolute atomic E-state index is 5.78. The minimum absolute atomic E-state index is 0.609. The van der Waals surface area contributed by atoms with Crippen LogP contribution in [0.2, 0.25) is 0 Å². The minimum Gasteiger partial charge on any atom is -0.403 e. The highest BCUT2D eigenvalue weighted by atomic mass is 16.5. The van der Waals surface area contributed by atoms with Crippen molar-refractivity contribution in [1.82, 2.24) is 15.0 Å². The second-order valence-electron chi connectivity index (χ2n) is 6.84. The molecule has 3 heterocycles. The molecule has 1 aromatic carbocycles. The van der Waals surface area contributed by atoms with Crippen LogP contribution in [0.1, 0.15) is 6.42 Å². The van der Waals surface area contributed by atoms with Gasteiger partial charge in [-0.05, 0) is 18.2 Å². The third-order valence-corrected chi connectivity index (χ3v) is 4.92. The number of pyridine rings is 1. The second-order valence-corrected chi connectivity index (χ2v) is 6.84. The molecule has 150 valence electrons. The van der Waals surface area contributed by atoms with Crippen LogP contribution in [0.4, 0.5) is 11.5 Å². The minimum atomic E-state index is 0.609. The van der Waals surface area contributed by atoms with Crippen molar-refractivity contribution in [2.75, 3.05) is 43.1 Å². The molecular weight excluding hydrogens is 366 g/mol. The molecule has 5 N–H and O–H groups in total. The zero-order valence-electron chi connectivity index (χ0n) is 16.2. The Labute approximate surface area is 169 Å². The van der Waals surface area contributed by atoms with Crippen molar-refractivity contribution >= 4 is 22.5 Å².